The first-order valence-corrected chi connectivity index (χ1v) is 3.18. The zero-order valence-electron chi connectivity index (χ0n) is 5.52. The summed E-state index contributed by atoms with van der Waals surface area (Å²) >= 11 is 0. The van der Waals surface area contributed by atoms with Crippen LogP contribution in [0.2, 0.25) is 0 Å². The monoisotopic (exact) mass is 111 g/mol. The van der Waals surface area contributed by atoms with E-state index in [0.717, 1.165) is 5.92 Å². The highest BCUT2D eigenvalue weighted by atomic mass is 14.9. The van der Waals surface area contributed by atoms with Gasteiger partial charge in [-0.1, -0.05) is 19.1 Å². The molecular formula is C7H13N. The molecule has 0 amide bonds. The second-order valence-electron chi connectivity index (χ2n) is 2.49. The molecule has 0 radical (unpaired) electrons. The van der Waals surface area contributed by atoms with Crippen molar-refractivity contribution in [2.75, 3.05) is 7.05 Å². The van der Waals surface area contributed by atoms with E-state index in [1.54, 1.807) is 0 Å². The number of rotatable bonds is 1. The quantitative estimate of drug-likeness (QED) is 0.501. The first kappa shape index (κ1) is 5.83. The molecule has 1 N–H and O–H groups in total. The van der Waals surface area contributed by atoms with Gasteiger partial charge in [0.15, 0.2) is 0 Å². The standard InChI is InChI=1S/C7H13N/c1-6-3-4-7(5-6)8-2/h3-4,6-8H,5H2,1-2H3/t6-,7+/m0/s1. The average molecular weight is 111 g/mol. The van der Waals surface area contributed by atoms with E-state index in [1.807, 2.05) is 7.05 Å². The third-order valence-corrected chi connectivity index (χ3v) is 1.67. The number of allylic oxidation sites excluding steroid dienone is 1. The molecule has 0 saturated heterocycles. The number of nitrogens with one attached hydrogen (secondary N) is 1. The van der Waals surface area contributed by atoms with E-state index in [2.05, 4.69) is 24.4 Å². The molecular weight excluding hydrogens is 98.1 g/mol. The Morgan fingerprint density at radius 2 is 2.25 bits per heavy atom. The van der Waals surface area contributed by atoms with E-state index in [-0.39, 0.29) is 0 Å². The van der Waals surface area contributed by atoms with Crippen LogP contribution in [0.5, 0.6) is 0 Å². The summed E-state index contributed by atoms with van der Waals surface area (Å²) in [5.41, 5.74) is 0. The van der Waals surface area contributed by atoms with Gasteiger partial charge in [0.05, 0.1) is 0 Å². The van der Waals surface area contributed by atoms with Crippen molar-refractivity contribution in [3.63, 3.8) is 0 Å². The van der Waals surface area contributed by atoms with E-state index in [1.165, 1.54) is 6.42 Å². The summed E-state index contributed by atoms with van der Waals surface area (Å²) in [4.78, 5) is 0. The van der Waals surface area contributed by atoms with E-state index in [0.29, 0.717) is 6.04 Å². The van der Waals surface area contributed by atoms with Gasteiger partial charge in [0.1, 0.15) is 0 Å². The summed E-state index contributed by atoms with van der Waals surface area (Å²) in [7, 11) is 2.01. The summed E-state index contributed by atoms with van der Waals surface area (Å²) < 4.78 is 0. The minimum atomic E-state index is 0.644. The first-order valence-electron chi connectivity index (χ1n) is 3.18. The lowest BCUT2D eigenvalue weighted by Gasteiger charge is -2.04. The molecule has 0 fully saturated rings. The first-order chi connectivity index (χ1) is 3.83. The lowest BCUT2D eigenvalue weighted by Crippen LogP contribution is -2.20. The summed E-state index contributed by atoms with van der Waals surface area (Å²) in [5, 5.41) is 3.21. The predicted molar refractivity (Wildman–Crippen MR) is 35.8 cm³/mol. The predicted octanol–water partition coefficient (Wildman–Crippen LogP) is 1.17. The van der Waals surface area contributed by atoms with E-state index in [9.17, 15) is 0 Å². The maximum Gasteiger partial charge on any atom is 0.0252 e. The van der Waals surface area contributed by atoms with Gasteiger partial charge in [-0.05, 0) is 19.4 Å². The van der Waals surface area contributed by atoms with Gasteiger partial charge in [0.25, 0.3) is 0 Å². The molecule has 8 heavy (non-hydrogen) atoms. The number of likely N-dealkylation sites (N-methyl/N-ethyl adjacent to an activating group) is 1. The molecule has 1 rings (SSSR count). The third kappa shape index (κ3) is 1.10. The molecule has 0 aromatic heterocycles. The van der Waals surface area contributed by atoms with E-state index in [4.69, 9.17) is 0 Å². The van der Waals surface area contributed by atoms with Crippen LogP contribution in [0, 0.1) is 5.92 Å². The maximum atomic E-state index is 3.21. The van der Waals surface area contributed by atoms with Crippen molar-refractivity contribution in [2.24, 2.45) is 5.92 Å². The van der Waals surface area contributed by atoms with Crippen molar-refractivity contribution in [3.8, 4) is 0 Å². The van der Waals surface area contributed by atoms with Crippen LogP contribution in [0.3, 0.4) is 0 Å². The summed E-state index contributed by atoms with van der Waals surface area (Å²) in [6, 6.07) is 0.644. The third-order valence-electron chi connectivity index (χ3n) is 1.67. The molecule has 0 aromatic carbocycles. The van der Waals surface area contributed by atoms with Gasteiger partial charge in [-0.25, -0.2) is 0 Å². The zero-order chi connectivity index (χ0) is 5.98. The molecule has 46 valence electrons. The van der Waals surface area contributed by atoms with Gasteiger partial charge in [-0.15, -0.1) is 0 Å². The molecule has 0 unspecified atom stereocenters. The Labute approximate surface area is 50.8 Å². The van der Waals surface area contributed by atoms with E-state index >= 15 is 0 Å². The highest BCUT2D eigenvalue weighted by Gasteiger charge is 2.11. The van der Waals surface area contributed by atoms with Crippen LogP contribution in [0.15, 0.2) is 12.2 Å². The van der Waals surface area contributed by atoms with Gasteiger partial charge in [-0.2, -0.15) is 0 Å². The number of hydrogen-bond acceptors (Lipinski definition) is 1. The molecule has 2 atom stereocenters. The molecule has 0 saturated carbocycles. The van der Waals surface area contributed by atoms with Crippen LogP contribution in [-0.4, -0.2) is 13.1 Å². The molecule has 0 spiro atoms. The Kier molecular flexibility index (Phi) is 1.69. The van der Waals surface area contributed by atoms with E-state index < -0.39 is 0 Å². The fourth-order valence-corrected chi connectivity index (χ4v) is 1.10. The smallest absolute Gasteiger partial charge is 0.0252 e. The van der Waals surface area contributed by atoms with Gasteiger partial charge in [0.2, 0.25) is 0 Å². The molecule has 1 aliphatic carbocycles. The van der Waals surface area contributed by atoms with Crippen molar-refractivity contribution in [2.45, 2.75) is 19.4 Å². The molecule has 1 nitrogen and oxygen atoms in total. The second-order valence-corrected chi connectivity index (χ2v) is 2.49. The SMILES string of the molecule is CN[C@@H]1C=C[C@H](C)C1. The van der Waals surface area contributed by atoms with Crippen molar-refractivity contribution < 1.29 is 0 Å². The van der Waals surface area contributed by atoms with Crippen molar-refractivity contribution in [1.29, 1.82) is 0 Å². The molecule has 0 aromatic rings. The molecule has 0 heterocycles. The Hall–Kier alpha value is -0.300. The van der Waals surface area contributed by atoms with Crippen molar-refractivity contribution in [3.05, 3.63) is 12.2 Å². The lowest BCUT2D eigenvalue weighted by atomic mass is 10.1. The molecule has 1 heteroatoms. The maximum absolute atomic E-state index is 3.21. The molecule has 0 aliphatic heterocycles. The topological polar surface area (TPSA) is 12.0 Å². The normalized spacial score (nSPS) is 36.2. The highest BCUT2D eigenvalue weighted by molar-refractivity contribution is 5.03. The minimum absolute atomic E-state index is 0.644. The van der Waals surface area contributed by atoms with Crippen LogP contribution in [0.1, 0.15) is 13.3 Å². The van der Waals surface area contributed by atoms with Crippen molar-refractivity contribution >= 4 is 0 Å². The van der Waals surface area contributed by atoms with Crippen LogP contribution >= 0.6 is 0 Å². The van der Waals surface area contributed by atoms with Crippen molar-refractivity contribution in [1.82, 2.24) is 5.32 Å². The van der Waals surface area contributed by atoms with Gasteiger partial charge in [0, 0.05) is 6.04 Å². The van der Waals surface area contributed by atoms with Gasteiger partial charge < -0.3 is 5.32 Å². The van der Waals surface area contributed by atoms with Crippen LogP contribution in [-0.2, 0) is 0 Å². The molecule has 1 aliphatic rings. The Morgan fingerprint density at radius 1 is 1.50 bits per heavy atom. The Bertz CT molecular complexity index is 96.6. The highest BCUT2D eigenvalue weighted by Crippen LogP contribution is 2.15. The number of hydrogen-bond donors (Lipinski definition) is 1. The summed E-state index contributed by atoms with van der Waals surface area (Å²) in [5.74, 6) is 0.785. The average Bonchev–Trinajstić information content (AvgIpc) is 2.14. The second kappa shape index (κ2) is 2.31. The van der Waals surface area contributed by atoms with Crippen LogP contribution in [0.25, 0.3) is 0 Å². The Morgan fingerprint density at radius 3 is 2.50 bits per heavy atom. The molecule has 0 bridgehead atoms. The van der Waals surface area contributed by atoms with Crippen LogP contribution in [0.4, 0.5) is 0 Å². The fourth-order valence-electron chi connectivity index (χ4n) is 1.10. The Balaban J connectivity index is 2.34. The summed E-state index contributed by atoms with van der Waals surface area (Å²) in [6.45, 7) is 2.24. The zero-order valence-corrected chi connectivity index (χ0v) is 5.52. The lowest BCUT2D eigenvalue weighted by molar-refractivity contribution is 0.574. The van der Waals surface area contributed by atoms with Gasteiger partial charge >= 0.3 is 0 Å². The largest absolute Gasteiger partial charge is 0.314 e. The van der Waals surface area contributed by atoms with Crippen LogP contribution < -0.4 is 5.32 Å². The fraction of sp³-hybridized carbons (Fsp3) is 0.714. The van der Waals surface area contributed by atoms with Gasteiger partial charge in [-0.3, -0.25) is 0 Å². The minimum Gasteiger partial charge on any atom is -0.314 e. The summed E-state index contributed by atoms with van der Waals surface area (Å²) in [6.07, 6.45) is 5.78.